The van der Waals surface area contributed by atoms with Crippen molar-refractivity contribution in [2.75, 3.05) is 4.90 Å². The van der Waals surface area contributed by atoms with Gasteiger partial charge in [-0.25, -0.2) is 4.90 Å². The molecular weight excluding hydrogens is 414 g/mol. The lowest BCUT2D eigenvalue weighted by Gasteiger charge is -2.16. The molecule has 3 aromatic carbocycles. The fraction of sp³-hybridized carbons (Fsp3) is 0.120. The van der Waals surface area contributed by atoms with Gasteiger partial charge in [0.05, 0.1) is 16.2 Å². The molecule has 0 saturated carbocycles. The number of carbonyl (C=O) groups is 2. The Bertz CT molecular complexity index is 1160. The van der Waals surface area contributed by atoms with Crippen LogP contribution in [0.4, 0.5) is 5.69 Å². The first-order valence-corrected chi connectivity index (χ1v) is 10.7. The molecule has 0 aliphatic carbocycles. The highest BCUT2D eigenvalue weighted by molar-refractivity contribution is 8.04. The van der Waals surface area contributed by atoms with Crippen LogP contribution in [0, 0.1) is 20.8 Å². The average molecular weight is 434 g/mol. The van der Waals surface area contributed by atoms with E-state index in [4.69, 9.17) is 11.6 Å². The van der Waals surface area contributed by atoms with Crippen LogP contribution in [0.25, 0.3) is 5.57 Å². The van der Waals surface area contributed by atoms with E-state index in [0.29, 0.717) is 21.2 Å². The van der Waals surface area contributed by atoms with Gasteiger partial charge in [-0.05, 0) is 73.9 Å². The van der Waals surface area contributed by atoms with Gasteiger partial charge in [0.25, 0.3) is 11.8 Å². The normalized spacial score (nSPS) is 14.1. The van der Waals surface area contributed by atoms with Crippen LogP contribution in [0.5, 0.6) is 0 Å². The lowest BCUT2D eigenvalue weighted by atomic mass is 10.0. The quantitative estimate of drug-likeness (QED) is 0.450. The van der Waals surface area contributed by atoms with Gasteiger partial charge >= 0.3 is 0 Å². The molecule has 1 heterocycles. The second kappa shape index (κ2) is 8.13. The first-order chi connectivity index (χ1) is 14.3. The Kier molecular flexibility index (Phi) is 5.54. The second-order valence-electron chi connectivity index (χ2n) is 7.42. The molecule has 0 fully saturated rings. The van der Waals surface area contributed by atoms with Crippen LogP contribution >= 0.6 is 23.4 Å². The summed E-state index contributed by atoms with van der Waals surface area (Å²) in [7, 11) is 0. The zero-order valence-corrected chi connectivity index (χ0v) is 18.5. The highest BCUT2D eigenvalue weighted by atomic mass is 35.5. The third-order valence-corrected chi connectivity index (χ3v) is 6.22. The summed E-state index contributed by atoms with van der Waals surface area (Å²) in [5, 5.41) is 0.623. The van der Waals surface area contributed by atoms with Crippen molar-refractivity contribution in [3.8, 4) is 0 Å². The van der Waals surface area contributed by atoms with E-state index in [1.165, 1.54) is 16.7 Å². The summed E-state index contributed by atoms with van der Waals surface area (Å²) in [5.41, 5.74) is 4.86. The number of imide groups is 1. The minimum Gasteiger partial charge on any atom is -0.268 e. The highest BCUT2D eigenvalue weighted by Crippen LogP contribution is 2.41. The third kappa shape index (κ3) is 3.93. The molecule has 0 radical (unpaired) electrons. The Hall–Kier alpha value is -2.82. The van der Waals surface area contributed by atoms with Crippen molar-refractivity contribution >= 4 is 46.4 Å². The highest BCUT2D eigenvalue weighted by Gasteiger charge is 2.40. The number of carbonyl (C=O) groups excluding carboxylic acids is 2. The fourth-order valence-corrected chi connectivity index (χ4v) is 4.63. The molecule has 3 nitrogen and oxygen atoms in total. The minimum atomic E-state index is -0.305. The first-order valence-electron chi connectivity index (χ1n) is 9.55. The Morgan fingerprint density at radius 2 is 1.33 bits per heavy atom. The standard InChI is InChI=1S/C25H20ClNO2S/c1-15-4-6-18(7-5-15)22-23(30-21-10-8-19(26)9-11-21)25(29)27(24(22)28)20-13-16(2)12-17(3)14-20/h4-14H,1-3H3. The van der Waals surface area contributed by atoms with E-state index in [0.717, 1.165) is 27.1 Å². The van der Waals surface area contributed by atoms with Gasteiger partial charge < -0.3 is 0 Å². The molecule has 0 N–H and O–H groups in total. The second-order valence-corrected chi connectivity index (χ2v) is 8.94. The van der Waals surface area contributed by atoms with E-state index in [9.17, 15) is 9.59 Å². The summed E-state index contributed by atoms with van der Waals surface area (Å²) >= 11 is 7.30. The maximum atomic E-state index is 13.5. The van der Waals surface area contributed by atoms with E-state index in [-0.39, 0.29) is 11.8 Å². The van der Waals surface area contributed by atoms with Crippen molar-refractivity contribution < 1.29 is 9.59 Å². The van der Waals surface area contributed by atoms with Crippen molar-refractivity contribution in [2.24, 2.45) is 0 Å². The number of benzene rings is 3. The van der Waals surface area contributed by atoms with E-state index in [1.54, 1.807) is 12.1 Å². The fourth-order valence-electron chi connectivity index (χ4n) is 3.51. The van der Waals surface area contributed by atoms with E-state index in [1.807, 2.05) is 75.4 Å². The molecule has 0 unspecified atom stereocenters. The van der Waals surface area contributed by atoms with E-state index in [2.05, 4.69) is 0 Å². The number of amides is 2. The van der Waals surface area contributed by atoms with E-state index < -0.39 is 0 Å². The molecule has 2 amide bonds. The summed E-state index contributed by atoms with van der Waals surface area (Å²) in [5.74, 6) is -0.606. The van der Waals surface area contributed by atoms with Gasteiger partial charge in [-0.1, -0.05) is 59.3 Å². The molecule has 0 atom stereocenters. The monoisotopic (exact) mass is 433 g/mol. The largest absolute Gasteiger partial charge is 0.272 e. The maximum absolute atomic E-state index is 13.5. The van der Waals surface area contributed by atoms with Crippen LogP contribution in [0.2, 0.25) is 5.02 Å². The van der Waals surface area contributed by atoms with Crippen LogP contribution in [0.3, 0.4) is 0 Å². The van der Waals surface area contributed by atoms with Crippen molar-refractivity contribution in [1.82, 2.24) is 0 Å². The SMILES string of the molecule is Cc1ccc(C2=C(Sc3ccc(Cl)cc3)C(=O)N(c3cc(C)cc(C)c3)C2=O)cc1. The summed E-state index contributed by atoms with van der Waals surface area (Å²) in [4.78, 5) is 29.5. The molecule has 150 valence electrons. The number of hydrogen-bond acceptors (Lipinski definition) is 3. The van der Waals surface area contributed by atoms with Crippen LogP contribution in [0.1, 0.15) is 22.3 Å². The van der Waals surface area contributed by atoms with Crippen molar-refractivity contribution in [2.45, 2.75) is 25.7 Å². The zero-order valence-electron chi connectivity index (χ0n) is 16.9. The Labute approximate surface area is 185 Å². The van der Waals surface area contributed by atoms with Gasteiger partial charge in [0, 0.05) is 9.92 Å². The number of aryl methyl sites for hydroxylation is 3. The Balaban J connectivity index is 1.83. The van der Waals surface area contributed by atoms with Gasteiger partial charge in [-0.2, -0.15) is 0 Å². The van der Waals surface area contributed by atoms with Crippen molar-refractivity contribution in [3.63, 3.8) is 0 Å². The van der Waals surface area contributed by atoms with Gasteiger partial charge in [-0.3, -0.25) is 9.59 Å². The molecule has 0 aromatic heterocycles. The molecule has 0 bridgehead atoms. The van der Waals surface area contributed by atoms with Crippen LogP contribution < -0.4 is 4.90 Å². The van der Waals surface area contributed by atoms with Crippen molar-refractivity contribution in [1.29, 1.82) is 0 Å². The lowest BCUT2D eigenvalue weighted by molar-refractivity contribution is -0.119. The van der Waals surface area contributed by atoms with Gasteiger partial charge in [-0.15, -0.1) is 0 Å². The number of rotatable bonds is 4. The number of nitrogens with zero attached hydrogens (tertiary/aromatic N) is 1. The molecule has 1 aliphatic rings. The molecule has 1 aliphatic heterocycles. The number of hydrogen-bond donors (Lipinski definition) is 0. The summed E-state index contributed by atoms with van der Waals surface area (Å²) < 4.78 is 0. The maximum Gasteiger partial charge on any atom is 0.272 e. The topological polar surface area (TPSA) is 37.4 Å². The van der Waals surface area contributed by atoms with Gasteiger partial charge in [0.1, 0.15) is 0 Å². The third-order valence-electron chi connectivity index (χ3n) is 4.88. The molecule has 3 aromatic rings. The predicted molar refractivity (Wildman–Crippen MR) is 124 cm³/mol. The van der Waals surface area contributed by atoms with Crippen LogP contribution in [0.15, 0.2) is 76.5 Å². The molecule has 30 heavy (non-hydrogen) atoms. The molecule has 0 spiro atoms. The zero-order chi connectivity index (χ0) is 21.4. The first kappa shape index (κ1) is 20.5. The van der Waals surface area contributed by atoms with Gasteiger partial charge in [0.2, 0.25) is 0 Å². The number of anilines is 1. The Morgan fingerprint density at radius 3 is 1.93 bits per heavy atom. The number of halogens is 1. The Morgan fingerprint density at radius 1 is 0.733 bits per heavy atom. The van der Waals surface area contributed by atoms with E-state index >= 15 is 0 Å². The lowest BCUT2D eigenvalue weighted by Crippen LogP contribution is -2.31. The summed E-state index contributed by atoms with van der Waals surface area (Å²) in [6.45, 7) is 5.91. The molecular formula is C25H20ClNO2S. The van der Waals surface area contributed by atoms with Crippen molar-refractivity contribution in [3.05, 3.63) is 98.9 Å². The van der Waals surface area contributed by atoms with Gasteiger partial charge in [0.15, 0.2) is 0 Å². The summed E-state index contributed by atoms with van der Waals surface area (Å²) in [6.07, 6.45) is 0. The molecule has 5 heteroatoms. The molecule has 0 saturated heterocycles. The van der Waals surface area contributed by atoms with Crippen LogP contribution in [-0.2, 0) is 9.59 Å². The van der Waals surface area contributed by atoms with Crippen LogP contribution in [-0.4, -0.2) is 11.8 Å². The minimum absolute atomic E-state index is 0.301. The smallest absolute Gasteiger partial charge is 0.268 e. The average Bonchev–Trinajstić information content (AvgIpc) is 2.93. The number of thioether (sulfide) groups is 1. The summed E-state index contributed by atoms with van der Waals surface area (Å²) in [6, 6.07) is 20.7. The predicted octanol–water partition coefficient (Wildman–Crippen LogP) is 6.34. The molecule has 4 rings (SSSR count).